The van der Waals surface area contributed by atoms with Gasteiger partial charge < -0.3 is 5.32 Å². The van der Waals surface area contributed by atoms with E-state index in [0.717, 1.165) is 6.42 Å². The maximum atomic E-state index is 13.8. The van der Waals surface area contributed by atoms with E-state index in [1.807, 2.05) is 30.3 Å². The van der Waals surface area contributed by atoms with Gasteiger partial charge in [-0.3, -0.25) is 9.89 Å². The second kappa shape index (κ2) is 8.62. The van der Waals surface area contributed by atoms with Crippen molar-refractivity contribution in [1.29, 1.82) is 0 Å². The highest BCUT2D eigenvalue weighted by Gasteiger charge is 2.17. The molecule has 0 aliphatic carbocycles. The van der Waals surface area contributed by atoms with Crippen LogP contribution in [-0.2, 0) is 11.2 Å². The summed E-state index contributed by atoms with van der Waals surface area (Å²) in [6.45, 7) is 2.36. The maximum Gasteiger partial charge on any atom is 0.233 e. The zero-order valence-corrected chi connectivity index (χ0v) is 15.1. The molecular weight excluding hydrogens is 351 g/mol. The Balaban J connectivity index is 1.52. The molecule has 1 amide bonds. The van der Waals surface area contributed by atoms with Crippen molar-refractivity contribution in [3.8, 4) is 11.4 Å². The smallest absolute Gasteiger partial charge is 0.233 e. The average Bonchev–Trinajstić information content (AvgIpc) is 3.11. The summed E-state index contributed by atoms with van der Waals surface area (Å²) in [7, 11) is 0. The highest BCUT2D eigenvalue weighted by atomic mass is 32.2. The number of aromatic nitrogens is 3. The minimum Gasteiger partial charge on any atom is -0.355 e. The van der Waals surface area contributed by atoms with Gasteiger partial charge in [0.1, 0.15) is 5.82 Å². The van der Waals surface area contributed by atoms with E-state index in [9.17, 15) is 9.18 Å². The number of aromatic amines is 1. The van der Waals surface area contributed by atoms with Gasteiger partial charge in [0, 0.05) is 6.54 Å². The van der Waals surface area contributed by atoms with Crippen molar-refractivity contribution in [1.82, 2.24) is 20.5 Å². The first-order valence-electron chi connectivity index (χ1n) is 8.29. The number of thioether (sulfide) groups is 1. The molecule has 0 aliphatic heterocycles. The summed E-state index contributed by atoms with van der Waals surface area (Å²) in [5, 5.41) is 9.75. The number of rotatable bonds is 7. The quantitative estimate of drug-likeness (QED) is 0.625. The molecule has 0 spiro atoms. The summed E-state index contributed by atoms with van der Waals surface area (Å²) >= 11 is 1.23. The number of hydrogen-bond acceptors (Lipinski definition) is 4. The van der Waals surface area contributed by atoms with Crippen LogP contribution in [-0.4, -0.2) is 32.9 Å². The molecule has 1 heterocycles. The SMILES string of the molecule is CC(Sc1n[nH]c(-c2ccccc2F)n1)C(=O)NCCc1ccccc1. The fourth-order valence-electron chi connectivity index (χ4n) is 2.40. The van der Waals surface area contributed by atoms with E-state index in [4.69, 9.17) is 0 Å². The van der Waals surface area contributed by atoms with Crippen molar-refractivity contribution >= 4 is 17.7 Å². The number of hydrogen-bond donors (Lipinski definition) is 2. The number of nitrogens with zero attached hydrogens (tertiary/aromatic N) is 2. The molecular formula is C19H19FN4OS. The van der Waals surface area contributed by atoms with Crippen LogP contribution in [0.3, 0.4) is 0 Å². The van der Waals surface area contributed by atoms with E-state index in [1.54, 1.807) is 25.1 Å². The molecule has 1 atom stereocenters. The van der Waals surface area contributed by atoms with E-state index < -0.39 is 0 Å². The monoisotopic (exact) mass is 370 g/mol. The van der Waals surface area contributed by atoms with Crippen molar-refractivity contribution in [2.24, 2.45) is 0 Å². The second-order valence-corrected chi connectivity index (χ2v) is 7.04. The number of H-pyrrole nitrogens is 1. The van der Waals surface area contributed by atoms with Crippen LogP contribution < -0.4 is 5.32 Å². The van der Waals surface area contributed by atoms with Crippen molar-refractivity contribution in [2.45, 2.75) is 23.8 Å². The number of benzene rings is 2. The van der Waals surface area contributed by atoms with Crippen LogP contribution in [0.2, 0.25) is 0 Å². The van der Waals surface area contributed by atoms with Gasteiger partial charge in [-0.05, 0) is 31.0 Å². The lowest BCUT2D eigenvalue weighted by molar-refractivity contribution is -0.120. The van der Waals surface area contributed by atoms with Crippen molar-refractivity contribution in [2.75, 3.05) is 6.54 Å². The molecule has 0 saturated carbocycles. The molecule has 7 heteroatoms. The first-order valence-corrected chi connectivity index (χ1v) is 9.17. The van der Waals surface area contributed by atoms with Crippen LogP contribution in [0.15, 0.2) is 59.8 Å². The predicted octanol–water partition coefficient (Wildman–Crippen LogP) is 3.45. The van der Waals surface area contributed by atoms with Crippen molar-refractivity contribution < 1.29 is 9.18 Å². The van der Waals surface area contributed by atoms with Gasteiger partial charge in [0.15, 0.2) is 5.82 Å². The molecule has 2 aromatic carbocycles. The topological polar surface area (TPSA) is 70.7 Å². The number of halogens is 1. The Morgan fingerprint density at radius 1 is 1.19 bits per heavy atom. The molecule has 26 heavy (non-hydrogen) atoms. The van der Waals surface area contributed by atoms with Gasteiger partial charge >= 0.3 is 0 Å². The number of carbonyl (C=O) groups excluding carboxylic acids is 1. The normalized spacial score (nSPS) is 11.9. The molecule has 5 nitrogen and oxygen atoms in total. The Morgan fingerprint density at radius 2 is 1.92 bits per heavy atom. The molecule has 0 fully saturated rings. The summed E-state index contributed by atoms with van der Waals surface area (Å²) in [6.07, 6.45) is 0.780. The minimum absolute atomic E-state index is 0.0804. The predicted molar refractivity (Wildman–Crippen MR) is 100 cm³/mol. The Morgan fingerprint density at radius 3 is 2.69 bits per heavy atom. The molecule has 3 rings (SSSR count). The Bertz CT molecular complexity index is 869. The fraction of sp³-hybridized carbons (Fsp3) is 0.211. The molecule has 0 radical (unpaired) electrons. The summed E-state index contributed by atoms with van der Waals surface area (Å²) in [6, 6.07) is 16.3. The van der Waals surface area contributed by atoms with Gasteiger partial charge in [-0.2, -0.15) is 0 Å². The molecule has 3 aromatic rings. The zero-order valence-electron chi connectivity index (χ0n) is 14.3. The lowest BCUT2D eigenvalue weighted by Crippen LogP contribution is -2.32. The van der Waals surface area contributed by atoms with E-state index in [2.05, 4.69) is 20.5 Å². The highest BCUT2D eigenvalue weighted by molar-refractivity contribution is 8.00. The minimum atomic E-state index is -0.369. The summed E-state index contributed by atoms with van der Waals surface area (Å²) in [5.41, 5.74) is 1.53. The third-order valence-corrected chi connectivity index (χ3v) is 4.76. The Kier molecular flexibility index (Phi) is 6.01. The van der Waals surface area contributed by atoms with Crippen LogP contribution >= 0.6 is 11.8 Å². The first-order chi connectivity index (χ1) is 12.6. The number of nitrogens with one attached hydrogen (secondary N) is 2. The molecule has 0 bridgehead atoms. The molecule has 0 aliphatic rings. The Hall–Kier alpha value is -2.67. The van der Waals surface area contributed by atoms with Crippen LogP contribution in [0.25, 0.3) is 11.4 Å². The van der Waals surface area contributed by atoms with Gasteiger partial charge in [-0.25, -0.2) is 9.37 Å². The van der Waals surface area contributed by atoms with Crippen molar-refractivity contribution in [3.05, 3.63) is 66.0 Å². The standard InChI is InChI=1S/C19H19FN4OS/c1-13(18(25)21-12-11-14-7-3-2-4-8-14)26-19-22-17(23-24-19)15-9-5-6-10-16(15)20/h2-10,13H,11-12H2,1H3,(H,21,25)(H,22,23,24). The highest BCUT2D eigenvalue weighted by Crippen LogP contribution is 2.24. The van der Waals surface area contributed by atoms with Crippen LogP contribution in [0.1, 0.15) is 12.5 Å². The first kappa shape index (κ1) is 18.1. The van der Waals surface area contributed by atoms with E-state index in [0.29, 0.717) is 23.1 Å². The number of carbonyl (C=O) groups is 1. The van der Waals surface area contributed by atoms with Crippen LogP contribution in [0.4, 0.5) is 4.39 Å². The van der Waals surface area contributed by atoms with Gasteiger partial charge in [0.2, 0.25) is 11.1 Å². The van der Waals surface area contributed by atoms with Gasteiger partial charge in [0.25, 0.3) is 0 Å². The summed E-state index contributed by atoms with van der Waals surface area (Å²) in [5.74, 6) is -0.0997. The summed E-state index contributed by atoms with van der Waals surface area (Å²) < 4.78 is 13.8. The molecule has 1 unspecified atom stereocenters. The Labute approximate surface area is 155 Å². The van der Waals surface area contributed by atoms with E-state index in [1.165, 1.54) is 23.4 Å². The van der Waals surface area contributed by atoms with Crippen LogP contribution in [0.5, 0.6) is 0 Å². The maximum absolute atomic E-state index is 13.8. The molecule has 1 aromatic heterocycles. The molecule has 2 N–H and O–H groups in total. The lowest BCUT2D eigenvalue weighted by Gasteiger charge is -2.10. The lowest BCUT2D eigenvalue weighted by atomic mass is 10.1. The fourth-order valence-corrected chi connectivity index (χ4v) is 3.15. The average molecular weight is 370 g/mol. The van der Waals surface area contributed by atoms with Crippen LogP contribution in [0, 0.1) is 5.82 Å². The largest absolute Gasteiger partial charge is 0.355 e. The second-order valence-electron chi connectivity index (χ2n) is 5.73. The number of amides is 1. The van der Waals surface area contributed by atoms with Gasteiger partial charge in [-0.15, -0.1) is 5.10 Å². The third kappa shape index (κ3) is 4.70. The van der Waals surface area contributed by atoms with E-state index in [-0.39, 0.29) is 17.0 Å². The molecule has 0 saturated heterocycles. The molecule has 134 valence electrons. The summed E-state index contributed by atoms with van der Waals surface area (Å²) in [4.78, 5) is 16.5. The third-order valence-electron chi connectivity index (χ3n) is 3.80. The van der Waals surface area contributed by atoms with Gasteiger partial charge in [-0.1, -0.05) is 54.2 Å². The van der Waals surface area contributed by atoms with Crippen molar-refractivity contribution in [3.63, 3.8) is 0 Å². The zero-order chi connectivity index (χ0) is 18.4. The van der Waals surface area contributed by atoms with E-state index >= 15 is 0 Å². The van der Waals surface area contributed by atoms with Gasteiger partial charge in [0.05, 0.1) is 10.8 Å².